The molecule has 0 radical (unpaired) electrons. The molecule has 48 heavy (non-hydrogen) atoms. The van der Waals surface area contributed by atoms with Crippen LogP contribution in [0.2, 0.25) is 0 Å². The first kappa shape index (κ1) is 32.9. The molecule has 0 spiro atoms. The maximum atomic E-state index is 15.0. The third-order valence-electron chi connectivity index (χ3n) is 9.22. The van der Waals surface area contributed by atoms with Gasteiger partial charge in [-0.05, 0) is 97.6 Å². The Morgan fingerprint density at radius 2 is 1.62 bits per heavy atom. The number of nitrogens with zero attached hydrogens (tertiary/aromatic N) is 3. The first-order valence-electron chi connectivity index (χ1n) is 15.7. The highest BCUT2D eigenvalue weighted by Gasteiger charge is 2.32. The van der Waals surface area contributed by atoms with E-state index in [1.54, 1.807) is 37.3 Å². The van der Waals surface area contributed by atoms with Crippen molar-refractivity contribution in [2.75, 3.05) is 11.4 Å². The Hall–Kier alpha value is -4.99. The van der Waals surface area contributed by atoms with E-state index in [-0.39, 0.29) is 30.1 Å². The van der Waals surface area contributed by atoms with Crippen molar-refractivity contribution < 1.29 is 23.5 Å². The second-order valence-electron chi connectivity index (χ2n) is 12.3. The molecule has 1 aromatic heterocycles. The van der Waals surface area contributed by atoms with E-state index >= 15 is 4.39 Å². The number of rotatable bonds is 5. The number of anilines is 2. The van der Waals surface area contributed by atoms with Gasteiger partial charge in [-0.3, -0.25) is 14.5 Å². The molecule has 0 fully saturated rings. The highest BCUT2D eigenvalue weighted by Crippen LogP contribution is 2.36. The summed E-state index contributed by atoms with van der Waals surface area (Å²) in [5, 5.41) is 13.3. The number of aryl methyl sites for hydroxylation is 1. The number of phenols is 1. The average Bonchev–Trinajstić information content (AvgIpc) is 3.46. The number of phenolic OH excluding ortho intramolecular Hbond substituents is 1. The van der Waals surface area contributed by atoms with Crippen LogP contribution in [-0.2, 0) is 26.1 Å². The molecular formula is C38H35ClF2N4O3. The number of carbonyl (C=O) groups is 2. The van der Waals surface area contributed by atoms with Crippen LogP contribution in [0, 0.1) is 18.6 Å². The number of amides is 2. The van der Waals surface area contributed by atoms with E-state index in [1.165, 1.54) is 46.9 Å². The summed E-state index contributed by atoms with van der Waals surface area (Å²) in [6, 6.07) is 24.6. The van der Waals surface area contributed by atoms with Gasteiger partial charge in [-0.2, -0.15) is 0 Å². The standard InChI is InChI=1S/C38H34F2N4O3.ClH/c1-23-7-9-29(19-34(23)40)44(28-10-12-30(45)13-11-28)38(47)33-20-35(42-16-15-41-21-36(33)42)32-18-27(39)8-14-31(32)37(46)43-22-26-6-4-3-5-25(26)17-24(43)2;/h3-14,18-20,24,41,45H,15-17,21-22H2,1-2H3;1H/t24-;/m1./s1. The molecule has 2 N–H and O–H groups in total. The molecule has 10 heteroatoms. The first-order chi connectivity index (χ1) is 22.7. The third-order valence-corrected chi connectivity index (χ3v) is 9.22. The van der Waals surface area contributed by atoms with Crippen LogP contribution in [0.5, 0.6) is 5.75 Å². The zero-order valence-electron chi connectivity index (χ0n) is 26.5. The smallest absolute Gasteiger partial charge is 0.264 e. The van der Waals surface area contributed by atoms with Crippen LogP contribution >= 0.6 is 12.4 Å². The van der Waals surface area contributed by atoms with Crippen molar-refractivity contribution in [1.82, 2.24) is 14.8 Å². The van der Waals surface area contributed by atoms with E-state index in [1.807, 2.05) is 34.6 Å². The highest BCUT2D eigenvalue weighted by molar-refractivity contribution is 6.12. The molecular weight excluding hydrogens is 634 g/mol. The Morgan fingerprint density at radius 3 is 2.38 bits per heavy atom. The van der Waals surface area contributed by atoms with Crippen molar-refractivity contribution in [1.29, 1.82) is 0 Å². The molecule has 0 aliphatic carbocycles. The molecule has 0 saturated heterocycles. The summed E-state index contributed by atoms with van der Waals surface area (Å²) in [7, 11) is 0. The molecule has 2 aliphatic heterocycles. The Bertz CT molecular complexity index is 2030. The van der Waals surface area contributed by atoms with E-state index in [0.717, 1.165) is 12.0 Å². The minimum atomic E-state index is -0.494. The summed E-state index contributed by atoms with van der Waals surface area (Å²) in [5.41, 5.74) is 5.81. The second-order valence-corrected chi connectivity index (χ2v) is 12.3. The molecule has 2 aliphatic rings. The predicted molar refractivity (Wildman–Crippen MR) is 184 cm³/mol. The summed E-state index contributed by atoms with van der Waals surface area (Å²) in [6.07, 6.45) is 0.718. The number of halogens is 3. The number of benzene rings is 4. The number of hydrogen-bond donors (Lipinski definition) is 2. The largest absolute Gasteiger partial charge is 0.508 e. The summed E-state index contributed by atoms with van der Waals surface area (Å²) in [4.78, 5) is 32.1. The first-order valence-corrected chi connectivity index (χ1v) is 15.7. The minimum absolute atomic E-state index is 0. The number of fused-ring (bicyclic) bond motifs is 2. The van der Waals surface area contributed by atoms with Crippen LogP contribution in [0.1, 0.15) is 50.0 Å². The molecule has 0 bridgehead atoms. The second kappa shape index (κ2) is 13.3. The Morgan fingerprint density at radius 1 is 0.896 bits per heavy atom. The van der Waals surface area contributed by atoms with E-state index in [2.05, 4.69) is 11.4 Å². The number of aromatic hydroxyl groups is 1. The molecule has 2 amide bonds. The van der Waals surface area contributed by atoms with Gasteiger partial charge in [-0.1, -0.05) is 30.3 Å². The molecule has 5 aromatic rings. The normalized spacial score (nSPS) is 15.2. The molecule has 7 nitrogen and oxygen atoms in total. The lowest BCUT2D eigenvalue weighted by molar-refractivity contribution is 0.0659. The molecule has 1 atom stereocenters. The quantitative estimate of drug-likeness (QED) is 0.203. The highest BCUT2D eigenvalue weighted by atomic mass is 35.5. The average molecular weight is 669 g/mol. The van der Waals surface area contributed by atoms with Crippen molar-refractivity contribution in [3.05, 3.63) is 136 Å². The SMILES string of the molecule is Cc1ccc(N(C(=O)c2cc(-c3cc(F)ccc3C(=O)N3Cc4ccccc4C[C@H]3C)n3c2CNCC3)c2ccc(O)cc2)cc1F.Cl. The van der Waals surface area contributed by atoms with Crippen molar-refractivity contribution >= 4 is 35.6 Å². The fourth-order valence-corrected chi connectivity index (χ4v) is 6.69. The molecule has 0 unspecified atom stereocenters. The fourth-order valence-electron chi connectivity index (χ4n) is 6.69. The lowest BCUT2D eigenvalue weighted by Crippen LogP contribution is -2.42. The van der Waals surface area contributed by atoms with Crippen LogP contribution in [-0.4, -0.2) is 39.0 Å². The van der Waals surface area contributed by atoms with Crippen LogP contribution in [0.25, 0.3) is 11.3 Å². The van der Waals surface area contributed by atoms with Crippen molar-refractivity contribution in [3.63, 3.8) is 0 Å². The van der Waals surface area contributed by atoms with E-state index in [4.69, 9.17) is 0 Å². The van der Waals surface area contributed by atoms with Crippen LogP contribution in [0.15, 0.2) is 91.0 Å². The van der Waals surface area contributed by atoms with E-state index < -0.39 is 17.5 Å². The van der Waals surface area contributed by atoms with Crippen molar-refractivity contribution in [2.24, 2.45) is 0 Å². The van der Waals surface area contributed by atoms with Crippen molar-refractivity contribution in [3.8, 4) is 17.0 Å². The number of aromatic nitrogens is 1. The summed E-state index contributed by atoms with van der Waals surface area (Å²) in [5.74, 6) is -1.56. The number of hydrogen-bond acceptors (Lipinski definition) is 4. The van der Waals surface area contributed by atoms with Gasteiger partial charge >= 0.3 is 0 Å². The van der Waals surface area contributed by atoms with E-state index in [9.17, 15) is 19.1 Å². The molecule has 7 rings (SSSR count). The molecule has 4 aromatic carbocycles. The van der Waals surface area contributed by atoms with Crippen molar-refractivity contribution in [2.45, 2.75) is 45.9 Å². The number of carbonyl (C=O) groups excluding carboxylic acids is 2. The van der Waals surface area contributed by atoms with Gasteiger partial charge in [0.05, 0.1) is 16.9 Å². The van der Waals surface area contributed by atoms with Gasteiger partial charge in [0.15, 0.2) is 0 Å². The third kappa shape index (κ3) is 5.95. The van der Waals surface area contributed by atoms with Gasteiger partial charge in [0.2, 0.25) is 0 Å². The number of nitrogens with one attached hydrogen (secondary N) is 1. The lowest BCUT2D eigenvalue weighted by Gasteiger charge is -2.35. The van der Waals surface area contributed by atoms with Crippen LogP contribution in [0.3, 0.4) is 0 Å². The van der Waals surface area contributed by atoms with Gasteiger partial charge in [-0.15, -0.1) is 12.4 Å². The zero-order valence-corrected chi connectivity index (χ0v) is 27.4. The Kier molecular flexibility index (Phi) is 9.09. The minimum Gasteiger partial charge on any atom is -0.508 e. The Balaban J connectivity index is 0.00000401. The van der Waals surface area contributed by atoms with Crippen LogP contribution < -0.4 is 10.2 Å². The van der Waals surface area contributed by atoms with Crippen LogP contribution in [0.4, 0.5) is 20.2 Å². The van der Waals surface area contributed by atoms with Gasteiger partial charge < -0.3 is 19.9 Å². The summed E-state index contributed by atoms with van der Waals surface area (Å²) in [6.45, 7) is 5.59. The van der Waals surface area contributed by atoms with Gasteiger partial charge in [0.1, 0.15) is 17.4 Å². The Labute approximate surface area is 283 Å². The molecule has 3 heterocycles. The maximum absolute atomic E-state index is 15.0. The topological polar surface area (TPSA) is 77.8 Å². The fraction of sp³-hybridized carbons (Fsp3) is 0.211. The lowest BCUT2D eigenvalue weighted by atomic mass is 9.93. The maximum Gasteiger partial charge on any atom is 0.264 e. The van der Waals surface area contributed by atoms with Gasteiger partial charge in [0, 0.05) is 54.7 Å². The van der Waals surface area contributed by atoms with Gasteiger partial charge in [-0.25, -0.2) is 8.78 Å². The summed E-state index contributed by atoms with van der Waals surface area (Å²) >= 11 is 0. The zero-order chi connectivity index (χ0) is 32.8. The van der Waals surface area contributed by atoms with Gasteiger partial charge in [0.25, 0.3) is 11.8 Å². The predicted octanol–water partition coefficient (Wildman–Crippen LogP) is 7.54. The molecule has 246 valence electrons. The summed E-state index contributed by atoms with van der Waals surface area (Å²) < 4.78 is 31.8. The monoisotopic (exact) mass is 668 g/mol. The van der Waals surface area contributed by atoms with E-state index in [0.29, 0.717) is 71.2 Å². The molecule has 0 saturated carbocycles.